The molecule has 2 heterocycles. The van der Waals surface area contributed by atoms with Gasteiger partial charge in [0.1, 0.15) is 18.1 Å². The van der Waals surface area contributed by atoms with E-state index in [9.17, 15) is 4.79 Å². The van der Waals surface area contributed by atoms with E-state index in [1.807, 2.05) is 24.3 Å². The number of nitrogens with zero attached hydrogens (tertiary/aromatic N) is 1. The van der Waals surface area contributed by atoms with Crippen LogP contribution in [0.5, 0.6) is 11.5 Å². The zero-order chi connectivity index (χ0) is 17.6. The van der Waals surface area contributed by atoms with Crippen LogP contribution >= 0.6 is 15.9 Å². The SMILES string of the molecule is NC1=N[C@]2(CO1)c1cc(Br)ccc1Oc1ccc(C=CC(=O)O)cc12. The van der Waals surface area contributed by atoms with E-state index in [2.05, 4.69) is 20.9 Å². The Hall–Kier alpha value is -2.80. The number of benzene rings is 2. The Labute approximate surface area is 151 Å². The maximum atomic E-state index is 10.8. The third kappa shape index (κ3) is 2.56. The highest BCUT2D eigenvalue weighted by molar-refractivity contribution is 9.10. The summed E-state index contributed by atoms with van der Waals surface area (Å²) in [7, 11) is 0. The molecule has 0 fully saturated rings. The maximum absolute atomic E-state index is 10.8. The van der Waals surface area contributed by atoms with Gasteiger partial charge < -0.3 is 20.3 Å². The van der Waals surface area contributed by atoms with Crippen molar-refractivity contribution in [2.75, 3.05) is 6.61 Å². The van der Waals surface area contributed by atoms with Crippen LogP contribution in [-0.2, 0) is 15.1 Å². The van der Waals surface area contributed by atoms with Crippen LogP contribution in [0.1, 0.15) is 16.7 Å². The first-order valence-electron chi connectivity index (χ1n) is 7.49. The molecule has 2 aromatic carbocycles. The summed E-state index contributed by atoms with van der Waals surface area (Å²) in [5.41, 5.74) is 7.35. The fourth-order valence-corrected chi connectivity index (χ4v) is 3.48. The molecule has 0 amide bonds. The zero-order valence-electron chi connectivity index (χ0n) is 12.9. The standard InChI is InChI=1S/C18H13BrN2O4/c19-11-3-5-15-13(8-11)18(9-24-17(20)21-18)12-7-10(2-6-16(22)23)1-4-14(12)25-15/h1-8H,9H2,(H2,20,21)(H,22,23)/t18-/m0/s1. The summed E-state index contributed by atoms with van der Waals surface area (Å²) in [4.78, 5) is 15.4. The van der Waals surface area contributed by atoms with Gasteiger partial charge in [0, 0.05) is 21.7 Å². The van der Waals surface area contributed by atoms with E-state index < -0.39 is 11.5 Å². The molecule has 126 valence electrons. The van der Waals surface area contributed by atoms with Crippen molar-refractivity contribution >= 4 is 34.0 Å². The van der Waals surface area contributed by atoms with E-state index >= 15 is 0 Å². The van der Waals surface area contributed by atoms with Gasteiger partial charge in [0.2, 0.25) is 0 Å². The molecular formula is C18H13BrN2O4. The number of carboxylic acid groups (broad SMARTS) is 1. The molecule has 0 saturated carbocycles. The number of carbonyl (C=O) groups is 1. The number of ether oxygens (including phenoxy) is 2. The molecule has 3 N–H and O–H groups in total. The minimum Gasteiger partial charge on any atom is -0.478 e. The monoisotopic (exact) mass is 400 g/mol. The number of halogens is 1. The number of aliphatic imine (C=N–C) groups is 1. The van der Waals surface area contributed by atoms with Crippen LogP contribution in [0.4, 0.5) is 0 Å². The van der Waals surface area contributed by atoms with Crippen molar-refractivity contribution in [1.29, 1.82) is 0 Å². The highest BCUT2D eigenvalue weighted by Crippen LogP contribution is 2.51. The van der Waals surface area contributed by atoms with E-state index in [0.717, 1.165) is 27.2 Å². The Balaban J connectivity index is 1.93. The largest absolute Gasteiger partial charge is 0.478 e. The number of hydrogen-bond donors (Lipinski definition) is 2. The predicted molar refractivity (Wildman–Crippen MR) is 95.7 cm³/mol. The van der Waals surface area contributed by atoms with Gasteiger partial charge in [-0.15, -0.1) is 0 Å². The number of hydrogen-bond acceptors (Lipinski definition) is 5. The van der Waals surface area contributed by atoms with Crippen LogP contribution < -0.4 is 10.5 Å². The first-order chi connectivity index (χ1) is 12.0. The highest BCUT2D eigenvalue weighted by atomic mass is 79.9. The van der Waals surface area contributed by atoms with Crippen LogP contribution in [0.3, 0.4) is 0 Å². The van der Waals surface area contributed by atoms with Gasteiger partial charge in [-0.2, -0.15) is 0 Å². The number of carboxylic acids is 1. The van der Waals surface area contributed by atoms with Crippen molar-refractivity contribution in [3.8, 4) is 11.5 Å². The van der Waals surface area contributed by atoms with E-state index in [-0.39, 0.29) is 12.6 Å². The van der Waals surface area contributed by atoms with Crippen LogP contribution in [0, 0.1) is 0 Å². The predicted octanol–water partition coefficient (Wildman–Crippen LogP) is 3.24. The van der Waals surface area contributed by atoms with Crippen molar-refractivity contribution in [2.24, 2.45) is 10.7 Å². The number of nitrogens with two attached hydrogens (primary N) is 1. The number of aliphatic carboxylic acids is 1. The van der Waals surface area contributed by atoms with Crippen molar-refractivity contribution in [2.45, 2.75) is 5.54 Å². The van der Waals surface area contributed by atoms with Crippen molar-refractivity contribution in [3.05, 3.63) is 63.6 Å². The zero-order valence-corrected chi connectivity index (χ0v) is 14.5. The van der Waals surface area contributed by atoms with Gasteiger partial charge in [0.25, 0.3) is 6.02 Å². The third-order valence-corrected chi connectivity index (χ3v) is 4.70. The lowest BCUT2D eigenvalue weighted by molar-refractivity contribution is -0.131. The average Bonchev–Trinajstić information content (AvgIpc) is 2.97. The molecule has 25 heavy (non-hydrogen) atoms. The maximum Gasteiger partial charge on any atom is 0.328 e. The molecule has 2 aliphatic heterocycles. The minimum atomic E-state index is -1.01. The molecule has 0 unspecified atom stereocenters. The molecule has 0 bridgehead atoms. The van der Waals surface area contributed by atoms with Crippen LogP contribution in [0.25, 0.3) is 6.08 Å². The van der Waals surface area contributed by atoms with E-state index in [4.69, 9.17) is 20.3 Å². The molecular weight excluding hydrogens is 388 g/mol. The molecule has 7 heteroatoms. The summed E-state index contributed by atoms with van der Waals surface area (Å²) in [5.74, 6) is 0.320. The molecule has 0 aliphatic carbocycles. The molecule has 1 atom stereocenters. The van der Waals surface area contributed by atoms with Crippen LogP contribution in [-0.4, -0.2) is 23.7 Å². The summed E-state index contributed by atoms with van der Waals surface area (Å²) in [6.45, 7) is 0.255. The molecule has 0 saturated heterocycles. The first-order valence-corrected chi connectivity index (χ1v) is 8.29. The summed E-state index contributed by atoms with van der Waals surface area (Å²) >= 11 is 3.48. The Morgan fingerprint density at radius 1 is 1.24 bits per heavy atom. The van der Waals surface area contributed by atoms with Gasteiger partial charge in [-0.3, -0.25) is 0 Å². The topological polar surface area (TPSA) is 94.1 Å². The molecule has 2 aliphatic rings. The molecule has 6 nitrogen and oxygen atoms in total. The van der Waals surface area contributed by atoms with Crippen molar-refractivity contribution in [1.82, 2.24) is 0 Å². The Bertz CT molecular complexity index is 954. The Morgan fingerprint density at radius 3 is 2.64 bits per heavy atom. The summed E-state index contributed by atoms with van der Waals surface area (Å²) in [6, 6.07) is 11.3. The minimum absolute atomic E-state index is 0.116. The second-order valence-corrected chi connectivity index (χ2v) is 6.68. The van der Waals surface area contributed by atoms with Gasteiger partial charge >= 0.3 is 5.97 Å². The third-order valence-electron chi connectivity index (χ3n) is 4.20. The van der Waals surface area contributed by atoms with E-state index in [1.165, 1.54) is 6.08 Å². The second kappa shape index (κ2) is 5.63. The summed E-state index contributed by atoms with van der Waals surface area (Å²) in [6.07, 6.45) is 2.61. The van der Waals surface area contributed by atoms with Gasteiger partial charge in [-0.1, -0.05) is 22.0 Å². The van der Waals surface area contributed by atoms with Gasteiger partial charge in [0.05, 0.1) is 0 Å². The highest BCUT2D eigenvalue weighted by Gasteiger charge is 2.47. The Morgan fingerprint density at radius 2 is 1.96 bits per heavy atom. The second-order valence-electron chi connectivity index (χ2n) is 5.77. The lowest BCUT2D eigenvalue weighted by Crippen LogP contribution is -2.31. The lowest BCUT2D eigenvalue weighted by Gasteiger charge is -2.33. The Kier molecular flexibility index (Phi) is 3.54. The number of amidine groups is 1. The van der Waals surface area contributed by atoms with Crippen molar-refractivity contribution in [3.63, 3.8) is 0 Å². The van der Waals surface area contributed by atoms with E-state index in [1.54, 1.807) is 12.1 Å². The quantitative estimate of drug-likeness (QED) is 0.754. The molecule has 2 aromatic rings. The number of rotatable bonds is 2. The average molecular weight is 401 g/mol. The summed E-state index contributed by atoms with van der Waals surface area (Å²) in [5, 5.41) is 8.84. The normalized spacial score (nSPS) is 20.6. The molecule has 4 rings (SSSR count). The van der Waals surface area contributed by atoms with Crippen LogP contribution in [0.2, 0.25) is 0 Å². The van der Waals surface area contributed by atoms with Gasteiger partial charge in [-0.25, -0.2) is 9.79 Å². The smallest absolute Gasteiger partial charge is 0.328 e. The molecule has 0 radical (unpaired) electrons. The molecule has 0 aromatic heterocycles. The lowest BCUT2D eigenvalue weighted by atomic mass is 9.81. The molecule has 1 spiro atoms. The fourth-order valence-electron chi connectivity index (χ4n) is 3.12. The van der Waals surface area contributed by atoms with Gasteiger partial charge in [-0.05, 0) is 42.0 Å². The fraction of sp³-hybridized carbons (Fsp3) is 0.111. The van der Waals surface area contributed by atoms with Gasteiger partial charge in [0.15, 0.2) is 5.54 Å². The van der Waals surface area contributed by atoms with Crippen molar-refractivity contribution < 1.29 is 19.4 Å². The summed E-state index contributed by atoms with van der Waals surface area (Å²) < 4.78 is 12.4. The van der Waals surface area contributed by atoms with Crippen LogP contribution in [0.15, 0.2) is 51.9 Å². The number of fused-ring (bicyclic) bond motifs is 4. The first kappa shape index (κ1) is 15.7. The van der Waals surface area contributed by atoms with E-state index in [0.29, 0.717) is 11.5 Å².